The molecule has 7 nitrogen and oxygen atoms in total. The molecule has 0 saturated carbocycles. The third-order valence-corrected chi connectivity index (χ3v) is 4.13. The van der Waals surface area contributed by atoms with Crippen molar-refractivity contribution in [3.05, 3.63) is 54.4 Å². The molecule has 1 amide bonds. The van der Waals surface area contributed by atoms with Crippen molar-refractivity contribution in [2.45, 2.75) is 27.2 Å². The van der Waals surface area contributed by atoms with Gasteiger partial charge in [-0.1, -0.05) is 0 Å². The van der Waals surface area contributed by atoms with Crippen LogP contribution in [0.1, 0.15) is 26.5 Å². The maximum absolute atomic E-state index is 12.3. The van der Waals surface area contributed by atoms with Crippen molar-refractivity contribution < 1.29 is 23.4 Å². The Labute approximate surface area is 176 Å². The van der Waals surface area contributed by atoms with E-state index in [9.17, 15) is 4.79 Å². The Hall–Kier alpha value is -3.48. The van der Waals surface area contributed by atoms with Crippen LogP contribution in [0.5, 0.6) is 17.2 Å². The fourth-order valence-corrected chi connectivity index (χ4v) is 2.88. The van der Waals surface area contributed by atoms with Crippen LogP contribution in [0.3, 0.4) is 0 Å². The Bertz CT molecular complexity index is 966. The molecule has 0 unspecified atom stereocenters. The number of carbonyl (C=O) groups is 1. The first-order valence-corrected chi connectivity index (χ1v) is 10.00. The highest BCUT2D eigenvalue weighted by molar-refractivity contribution is 5.92. The number of anilines is 1. The van der Waals surface area contributed by atoms with Crippen LogP contribution in [0.2, 0.25) is 0 Å². The van der Waals surface area contributed by atoms with E-state index in [0.717, 1.165) is 11.3 Å². The Balaban J connectivity index is 1.65. The van der Waals surface area contributed by atoms with Gasteiger partial charge in [0.2, 0.25) is 11.8 Å². The summed E-state index contributed by atoms with van der Waals surface area (Å²) in [7, 11) is 0. The molecule has 0 aliphatic rings. The van der Waals surface area contributed by atoms with Crippen molar-refractivity contribution in [2.24, 2.45) is 0 Å². The molecule has 0 aliphatic heterocycles. The average molecular weight is 410 g/mol. The van der Waals surface area contributed by atoms with E-state index in [2.05, 4.69) is 10.3 Å². The SMILES string of the molecule is CCOc1ccc(NC(=O)Cc2coc(-c3ccc(OCC)c(OCC)c3)n2)cc1. The maximum Gasteiger partial charge on any atom is 0.230 e. The molecule has 3 aromatic rings. The van der Waals surface area contributed by atoms with Gasteiger partial charge in [-0.05, 0) is 63.2 Å². The number of nitrogens with zero attached hydrogens (tertiary/aromatic N) is 1. The molecule has 3 rings (SSSR count). The largest absolute Gasteiger partial charge is 0.494 e. The first-order chi connectivity index (χ1) is 14.6. The van der Waals surface area contributed by atoms with Gasteiger partial charge in [0.1, 0.15) is 12.0 Å². The third kappa shape index (κ3) is 5.53. The highest BCUT2D eigenvalue weighted by atomic mass is 16.5. The Morgan fingerprint density at radius 2 is 1.63 bits per heavy atom. The predicted octanol–water partition coefficient (Wildman–Crippen LogP) is 4.72. The first-order valence-electron chi connectivity index (χ1n) is 10.00. The number of rotatable bonds is 10. The van der Waals surface area contributed by atoms with E-state index in [1.807, 2.05) is 51.1 Å². The number of oxazole rings is 1. The third-order valence-electron chi connectivity index (χ3n) is 4.13. The zero-order valence-corrected chi connectivity index (χ0v) is 17.4. The molecule has 30 heavy (non-hydrogen) atoms. The quantitative estimate of drug-likeness (QED) is 0.521. The van der Waals surface area contributed by atoms with Crippen molar-refractivity contribution >= 4 is 11.6 Å². The summed E-state index contributed by atoms with van der Waals surface area (Å²) in [6.07, 6.45) is 1.59. The summed E-state index contributed by atoms with van der Waals surface area (Å²) < 4.78 is 22.2. The van der Waals surface area contributed by atoms with Gasteiger partial charge in [-0.25, -0.2) is 4.98 Å². The minimum atomic E-state index is -0.180. The minimum Gasteiger partial charge on any atom is -0.494 e. The van der Waals surface area contributed by atoms with Gasteiger partial charge in [0.05, 0.1) is 31.9 Å². The normalized spacial score (nSPS) is 10.5. The summed E-state index contributed by atoms with van der Waals surface area (Å²) in [5.74, 6) is 2.30. The second-order valence-electron chi connectivity index (χ2n) is 6.35. The number of hydrogen-bond donors (Lipinski definition) is 1. The molecule has 158 valence electrons. The summed E-state index contributed by atoms with van der Waals surface area (Å²) >= 11 is 0. The fourth-order valence-electron chi connectivity index (χ4n) is 2.88. The molecule has 0 radical (unpaired) electrons. The molecule has 0 bridgehead atoms. The van der Waals surface area contributed by atoms with Crippen molar-refractivity contribution in [1.82, 2.24) is 4.98 Å². The van der Waals surface area contributed by atoms with Crippen molar-refractivity contribution in [2.75, 3.05) is 25.1 Å². The van der Waals surface area contributed by atoms with E-state index in [1.165, 1.54) is 6.26 Å². The highest BCUT2D eigenvalue weighted by Gasteiger charge is 2.14. The van der Waals surface area contributed by atoms with Crippen LogP contribution in [0, 0.1) is 0 Å². The van der Waals surface area contributed by atoms with Crippen LogP contribution in [-0.4, -0.2) is 30.7 Å². The van der Waals surface area contributed by atoms with Gasteiger partial charge in [0.25, 0.3) is 0 Å². The summed E-state index contributed by atoms with van der Waals surface area (Å²) in [5, 5.41) is 2.84. The molecule has 2 aromatic carbocycles. The van der Waals surface area contributed by atoms with E-state index in [-0.39, 0.29) is 12.3 Å². The predicted molar refractivity (Wildman–Crippen MR) is 114 cm³/mol. The molecule has 0 saturated heterocycles. The van der Waals surface area contributed by atoms with Gasteiger partial charge in [-0.15, -0.1) is 0 Å². The highest BCUT2D eigenvalue weighted by Crippen LogP contribution is 2.32. The molecule has 0 atom stereocenters. The minimum absolute atomic E-state index is 0.103. The summed E-state index contributed by atoms with van der Waals surface area (Å²) in [4.78, 5) is 16.8. The van der Waals surface area contributed by atoms with Crippen LogP contribution in [0.15, 0.2) is 53.1 Å². The standard InChI is InChI=1S/C23H26N2O5/c1-4-27-19-10-8-17(9-11-19)24-22(26)14-18-15-30-23(25-18)16-7-12-20(28-5-2)21(13-16)29-6-3/h7-13,15H,4-6,14H2,1-3H3,(H,24,26). The number of nitrogens with one attached hydrogen (secondary N) is 1. The van der Waals surface area contributed by atoms with Gasteiger partial charge in [-0.2, -0.15) is 0 Å². The number of aromatic nitrogens is 1. The van der Waals surface area contributed by atoms with Gasteiger partial charge in [-0.3, -0.25) is 4.79 Å². The van der Waals surface area contributed by atoms with Crippen LogP contribution in [0.25, 0.3) is 11.5 Å². The van der Waals surface area contributed by atoms with Crippen molar-refractivity contribution in [3.63, 3.8) is 0 Å². The summed E-state index contributed by atoms with van der Waals surface area (Å²) in [6, 6.07) is 12.7. The zero-order chi connectivity index (χ0) is 21.3. The molecular weight excluding hydrogens is 384 g/mol. The zero-order valence-electron chi connectivity index (χ0n) is 17.4. The van der Waals surface area contributed by atoms with E-state index in [1.54, 1.807) is 12.1 Å². The number of amides is 1. The smallest absolute Gasteiger partial charge is 0.230 e. The summed E-state index contributed by atoms with van der Waals surface area (Å²) in [6.45, 7) is 7.42. The molecule has 1 heterocycles. The molecule has 1 aromatic heterocycles. The second kappa shape index (κ2) is 10.3. The van der Waals surface area contributed by atoms with Crippen LogP contribution in [0.4, 0.5) is 5.69 Å². The first kappa shape index (κ1) is 21.2. The van der Waals surface area contributed by atoms with Gasteiger partial charge < -0.3 is 23.9 Å². The molecule has 0 fully saturated rings. The molecule has 0 aliphatic carbocycles. The fraction of sp³-hybridized carbons (Fsp3) is 0.304. The Kier molecular flexibility index (Phi) is 7.32. The van der Waals surface area contributed by atoms with Crippen molar-refractivity contribution in [3.8, 4) is 28.7 Å². The number of benzene rings is 2. The monoisotopic (exact) mass is 410 g/mol. The lowest BCUT2D eigenvalue weighted by Gasteiger charge is -2.11. The van der Waals surface area contributed by atoms with E-state index < -0.39 is 0 Å². The lowest BCUT2D eigenvalue weighted by Crippen LogP contribution is -2.14. The van der Waals surface area contributed by atoms with E-state index in [4.69, 9.17) is 18.6 Å². The van der Waals surface area contributed by atoms with Crippen LogP contribution < -0.4 is 19.5 Å². The Morgan fingerprint density at radius 1 is 0.933 bits per heavy atom. The van der Waals surface area contributed by atoms with E-state index in [0.29, 0.717) is 48.6 Å². The van der Waals surface area contributed by atoms with Gasteiger partial charge in [0.15, 0.2) is 11.5 Å². The van der Waals surface area contributed by atoms with Gasteiger partial charge in [0, 0.05) is 11.3 Å². The maximum atomic E-state index is 12.3. The molecule has 7 heteroatoms. The lowest BCUT2D eigenvalue weighted by atomic mass is 10.2. The number of carbonyl (C=O) groups excluding carboxylic acids is 1. The lowest BCUT2D eigenvalue weighted by molar-refractivity contribution is -0.115. The van der Waals surface area contributed by atoms with E-state index >= 15 is 0 Å². The average Bonchev–Trinajstić information content (AvgIpc) is 3.19. The van der Waals surface area contributed by atoms with Crippen LogP contribution >= 0.6 is 0 Å². The molecule has 0 spiro atoms. The second-order valence-corrected chi connectivity index (χ2v) is 6.35. The van der Waals surface area contributed by atoms with Crippen molar-refractivity contribution in [1.29, 1.82) is 0 Å². The Morgan fingerprint density at radius 3 is 2.33 bits per heavy atom. The number of hydrogen-bond acceptors (Lipinski definition) is 6. The molecular formula is C23H26N2O5. The number of ether oxygens (including phenoxy) is 3. The molecule has 1 N–H and O–H groups in total. The van der Waals surface area contributed by atoms with Crippen LogP contribution in [-0.2, 0) is 11.2 Å². The van der Waals surface area contributed by atoms with Gasteiger partial charge >= 0.3 is 0 Å². The topological polar surface area (TPSA) is 82.8 Å². The summed E-state index contributed by atoms with van der Waals surface area (Å²) in [5.41, 5.74) is 1.99.